The summed E-state index contributed by atoms with van der Waals surface area (Å²) in [6.07, 6.45) is 3.48. The summed E-state index contributed by atoms with van der Waals surface area (Å²) in [7, 11) is 0. The lowest BCUT2D eigenvalue weighted by Crippen LogP contribution is -2.16. The highest BCUT2D eigenvalue weighted by Gasteiger charge is 2.23. The van der Waals surface area contributed by atoms with Crippen LogP contribution in [0, 0.1) is 15.6 Å². The van der Waals surface area contributed by atoms with Crippen LogP contribution >= 0.6 is 49.9 Å². The summed E-state index contributed by atoms with van der Waals surface area (Å²) in [5.74, 6) is -0.214. The Bertz CT molecular complexity index is 656. The molecule has 20 heavy (non-hydrogen) atoms. The van der Waals surface area contributed by atoms with E-state index in [0.29, 0.717) is 10.5 Å². The summed E-state index contributed by atoms with van der Waals surface area (Å²) < 4.78 is 15.6. The molecule has 1 aromatic heterocycles. The zero-order chi connectivity index (χ0) is 14.3. The fourth-order valence-corrected chi connectivity index (χ4v) is 5.24. The van der Waals surface area contributed by atoms with Crippen molar-refractivity contribution in [3.05, 3.63) is 47.4 Å². The Hall–Kier alpha value is -0.140. The van der Waals surface area contributed by atoms with E-state index in [1.165, 1.54) is 26.2 Å². The highest BCUT2D eigenvalue weighted by Crippen LogP contribution is 2.38. The molecule has 5 heteroatoms. The fourth-order valence-electron chi connectivity index (χ4n) is 2.66. The minimum atomic E-state index is -0.214. The number of rotatable bonds is 2. The second-order valence-corrected chi connectivity index (χ2v) is 8.98. The molecule has 3 rings (SSSR count). The molecule has 1 aromatic carbocycles. The van der Waals surface area contributed by atoms with Gasteiger partial charge in [-0.3, -0.25) is 0 Å². The second-order valence-electron chi connectivity index (χ2n) is 5.10. The van der Waals surface area contributed by atoms with Gasteiger partial charge in [-0.1, -0.05) is 0 Å². The maximum atomic E-state index is 13.7. The van der Waals surface area contributed by atoms with Gasteiger partial charge < -0.3 is 5.32 Å². The molecule has 1 N–H and O–H groups in total. The van der Waals surface area contributed by atoms with Gasteiger partial charge in [0, 0.05) is 10.6 Å². The van der Waals surface area contributed by atoms with Gasteiger partial charge in [-0.2, -0.15) is 0 Å². The molecule has 1 heterocycles. The maximum Gasteiger partial charge on any atom is 0.139 e. The lowest BCUT2D eigenvalue weighted by molar-refractivity contribution is 0.603. The van der Waals surface area contributed by atoms with Gasteiger partial charge in [0.2, 0.25) is 0 Å². The van der Waals surface area contributed by atoms with E-state index in [-0.39, 0.29) is 5.82 Å². The van der Waals surface area contributed by atoms with Crippen molar-refractivity contribution in [2.24, 2.45) is 0 Å². The van der Waals surface area contributed by atoms with Crippen molar-refractivity contribution in [2.75, 3.05) is 5.32 Å². The molecular formula is C15H14BrFINS. The number of aryl methyl sites for hydroxylation is 2. The van der Waals surface area contributed by atoms with Gasteiger partial charge in [-0.15, -0.1) is 11.3 Å². The third-order valence-corrected chi connectivity index (χ3v) is 6.26. The number of benzene rings is 1. The van der Waals surface area contributed by atoms with Crippen molar-refractivity contribution in [1.29, 1.82) is 0 Å². The van der Waals surface area contributed by atoms with Crippen LogP contribution in [0.2, 0.25) is 0 Å². The van der Waals surface area contributed by atoms with Gasteiger partial charge in [0.15, 0.2) is 0 Å². The molecule has 0 radical (unpaired) electrons. The lowest BCUT2D eigenvalue weighted by atomic mass is 9.93. The highest BCUT2D eigenvalue weighted by molar-refractivity contribution is 14.1. The Morgan fingerprint density at radius 1 is 1.40 bits per heavy atom. The average Bonchev–Trinajstić information content (AvgIpc) is 2.77. The number of halogens is 3. The van der Waals surface area contributed by atoms with Crippen molar-refractivity contribution in [3.8, 4) is 0 Å². The molecule has 1 atom stereocenters. The summed E-state index contributed by atoms with van der Waals surface area (Å²) >= 11 is 7.49. The highest BCUT2D eigenvalue weighted by atomic mass is 127. The second kappa shape index (κ2) is 5.93. The Morgan fingerprint density at radius 2 is 2.20 bits per heavy atom. The predicted octanol–water partition coefficient (Wildman–Crippen LogP) is 6.05. The first-order valence-electron chi connectivity index (χ1n) is 6.55. The SMILES string of the molecule is Cc1cc(Br)c(F)cc1NC1CCCc2sc(I)cc21. The van der Waals surface area contributed by atoms with Gasteiger partial charge in [-0.25, -0.2) is 4.39 Å². The largest absolute Gasteiger partial charge is 0.378 e. The van der Waals surface area contributed by atoms with E-state index < -0.39 is 0 Å². The van der Waals surface area contributed by atoms with Crippen LogP contribution in [0.3, 0.4) is 0 Å². The first-order chi connectivity index (χ1) is 9.54. The molecular weight excluding hydrogens is 452 g/mol. The van der Waals surface area contributed by atoms with Crippen LogP contribution in [0.4, 0.5) is 10.1 Å². The van der Waals surface area contributed by atoms with Crippen molar-refractivity contribution in [3.63, 3.8) is 0 Å². The summed E-state index contributed by atoms with van der Waals surface area (Å²) in [5, 5.41) is 3.53. The molecule has 0 amide bonds. The number of hydrogen-bond donors (Lipinski definition) is 1. The summed E-state index contributed by atoms with van der Waals surface area (Å²) in [6.45, 7) is 2.01. The molecule has 1 aliphatic carbocycles. The van der Waals surface area contributed by atoms with Crippen molar-refractivity contribution in [1.82, 2.24) is 0 Å². The molecule has 0 aliphatic heterocycles. The van der Waals surface area contributed by atoms with E-state index in [2.05, 4.69) is 49.9 Å². The number of nitrogens with one attached hydrogen (secondary N) is 1. The van der Waals surface area contributed by atoms with Crippen LogP contribution in [0.1, 0.15) is 34.9 Å². The minimum absolute atomic E-state index is 0.214. The van der Waals surface area contributed by atoms with Crippen LogP contribution in [-0.2, 0) is 6.42 Å². The van der Waals surface area contributed by atoms with E-state index in [4.69, 9.17) is 0 Å². The molecule has 1 unspecified atom stereocenters. The molecule has 0 spiro atoms. The number of fused-ring (bicyclic) bond motifs is 1. The van der Waals surface area contributed by atoms with Crippen LogP contribution in [0.5, 0.6) is 0 Å². The van der Waals surface area contributed by atoms with Gasteiger partial charge in [-0.05, 0) is 94.0 Å². The molecule has 0 saturated heterocycles. The first-order valence-corrected chi connectivity index (χ1v) is 9.23. The predicted molar refractivity (Wildman–Crippen MR) is 95.2 cm³/mol. The van der Waals surface area contributed by atoms with Gasteiger partial charge in [0.1, 0.15) is 5.82 Å². The monoisotopic (exact) mass is 465 g/mol. The average molecular weight is 466 g/mol. The Morgan fingerprint density at radius 3 is 3.00 bits per heavy atom. The number of thiophene rings is 1. The van der Waals surface area contributed by atoms with Crippen LogP contribution in [0.25, 0.3) is 0 Å². The Balaban J connectivity index is 1.91. The van der Waals surface area contributed by atoms with E-state index >= 15 is 0 Å². The first kappa shape index (κ1) is 14.8. The summed E-state index contributed by atoms with van der Waals surface area (Å²) in [6, 6.07) is 5.99. The van der Waals surface area contributed by atoms with E-state index in [1.54, 1.807) is 6.07 Å². The van der Waals surface area contributed by atoms with Crippen molar-refractivity contribution in [2.45, 2.75) is 32.2 Å². The molecule has 1 nitrogen and oxygen atoms in total. The fraction of sp³-hybridized carbons (Fsp3) is 0.333. The van der Waals surface area contributed by atoms with Crippen LogP contribution in [-0.4, -0.2) is 0 Å². The van der Waals surface area contributed by atoms with Gasteiger partial charge in [0.25, 0.3) is 0 Å². The quantitative estimate of drug-likeness (QED) is 0.532. The van der Waals surface area contributed by atoms with Crippen molar-refractivity contribution < 1.29 is 4.39 Å². The normalized spacial score (nSPS) is 17.9. The number of anilines is 1. The topological polar surface area (TPSA) is 12.0 Å². The third kappa shape index (κ3) is 2.90. The molecule has 106 valence electrons. The molecule has 1 aliphatic rings. The standard InChI is InChI=1S/C15H14BrFINS/c1-8-5-10(16)11(17)7-13(8)19-12-3-2-4-14-9(12)6-15(18)20-14/h5-7,12,19H,2-4H2,1H3. The van der Waals surface area contributed by atoms with Crippen LogP contribution < -0.4 is 5.32 Å². The Labute approximate surface area is 144 Å². The molecule has 2 aromatic rings. The van der Waals surface area contributed by atoms with E-state index in [1.807, 2.05) is 24.3 Å². The summed E-state index contributed by atoms with van der Waals surface area (Å²) in [4.78, 5) is 1.48. The minimum Gasteiger partial charge on any atom is -0.378 e. The molecule has 0 fully saturated rings. The third-order valence-electron chi connectivity index (χ3n) is 3.68. The molecule has 0 bridgehead atoms. The van der Waals surface area contributed by atoms with Gasteiger partial charge >= 0.3 is 0 Å². The zero-order valence-corrected chi connectivity index (χ0v) is 15.5. The Kier molecular flexibility index (Phi) is 4.38. The molecule has 0 saturated carbocycles. The summed E-state index contributed by atoms with van der Waals surface area (Å²) in [5.41, 5.74) is 3.36. The maximum absolute atomic E-state index is 13.7. The van der Waals surface area contributed by atoms with E-state index in [0.717, 1.165) is 17.7 Å². The van der Waals surface area contributed by atoms with Crippen LogP contribution in [0.15, 0.2) is 22.7 Å². The lowest BCUT2D eigenvalue weighted by Gasteiger charge is -2.25. The van der Waals surface area contributed by atoms with Gasteiger partial charge in [0.05, 0.1) is 13.4 Å². The smallest absolute Gasteiger partial charge is 0.139 e. The van der Waals surface area contributed by atoms with E-state index in [9.17, 15) is 4.39 Å². The zero-order valence-electron chi connectivity index (χ0n) is 11.0. The van der Waals surface area contributed by atoms with Crippen molar-refractivity contribution >= 4 is 55.5 Å². The number of hydrogen-bond acceptors (Lipinski definition) is 2.